The third-order valence-electron chi connectivity index (χ3n) is 6.26. The Morgan fingerprint density at radius 1 is 1.10 bits per heavy atom. The molecule has 0 aromatic heterocycles. The van der Waals surface area contributed by atoms with Crippen LogP contribution in [0.15, 0.2) is 48.2 Å². The molecule has 30 heavy (non-hydrogen) atoms. The van der Waals surface area contributed by atoms with Crippen LogP contribution in [-0.4, -0.2) is 22.7 Å². The normalized spacial score (nSPS) is 24.4. The Kier molecular flexibility index (Phi) is 5.09. The van der Waals surface area contributed by atoms with Gasteiger partial charge in [-0.05, 0) is 43.7 Å². The predicted octanol–water partition coefficient (Wildman–Crippen LogP) is 6.21. The summed E-state index contributed by atoms with van der Waals surface area (Å²) in [7, 11) is 0. The van der Waals surface area contributed by atoms with Crippen molar-refractivity contribution in [3.05, 3.63) is 64.4 Å². The average molecular weight is 436 g/mol. The molecule has 4 rings (SSSR count). The molecule has 0 saturated heterocycles. The molecule has 158 valence electrons. The third-order valence-corrected chi connectivity index (χ3v) is 6.65. The summed E-state index contributed by atoms with van der Waals surface area (Å²) in [5.74, 6) is -2.12. The molecule has 2 N–H and O–H groups in total. The van der Waals surface area contributed by atoms with Crippen LogP contribution in [0, 0.1) is 12.8 Å². The van der Waals surface area contributed by atoms with Gasteiger partial charge in [-0.25, -0.2) is 0 Å². The second-order valence-electron chi connectivity index (χ2n) is 8.06. The Morgan fingerprint density at radius 3 is 2.33 bits per heavy atom. The topological polar surface area (TPSA) is 49.3 Å². The van der Waals surface area contributed by atoms with Crippen molar-refractivity contribution in [2.75, 3.05) is 0 Å². The fourth-order valence-corrected chi connectivity index (χ4v) is 4.95. The minimum absolute atomic E-state index is 0.0350. The SMILES string of the molecule is Cc1ccc(-c2ccccc2)c(Cl)c1C1=C(O)C2(CCC(C(F)(F)F)CC2)NC1=O. The van der Waals surface area contributed by atoms with Crippen molar-refractivity contribution in [3.63, 3.8) is 0 Å². The van der Waals surface area contributed by atoms with E-state index < -0.39 is 23.5 Å². The number of carbonyl (C=O) groups is 1. The molecule has 0 unspecified atom stereocenters. The molecule has 0 atom stereocenters. The molecule has 2 aliphatic rings. The number of aliphatic hydroxyl groups excluding tert-OH is 1. The van der Waals surface area contributed by atoms with E-state index in [-0.39, 0.29) is 37.0 Å². The summed E-state index contributed by atoms with van der Waals surface area (Å²) >= 11 is 6.70. The first kappa shape index (κ1) is 20.8. The van der Waals surface area contributed by atoms with Crippen LogP contribution in [0.1, 0.15) is 36.8 Å². The van der Waals surface area contributed by atoms with E-state index in [4.69, 9.17) is 11.6 Å². The van der Waals surface area contributed by atoms with Crippen molar-refractivity contribution in [1.29, 1.82) is 0 Å². The Balaban J connectivity index is 1.77. The van der Waals surface area contributed by atoms with Crippen molar-refractivity contribution < 1.29 is 23.1 Å². The van der Waals surface area contributed by atoms with Crippen molar-refractivity contribution in [3.8, 4) is 11.1 Å². The molecule has 1 heterocycles. The summed E-state index contributed by atoms with van der Waals surface area (Å²) in [6, 6.07) is 13.1. The van der Waals surface area contributed by atoms with Crippen LogP contribution in [0.2, 0.25) is 5.02 Å². The van der Waals surface area contributed by atoms with Gasteiger partial charge in [-0.15, -0.1) is 0 Å². The monoisotopic (exact) mass is 435 g/mol. The van der Waals surface area contributed by atoms with Gasteiger partial charge in [0.2, 0.25) is 0 Å². The number of hydrogen-bond acceptors (Lipinski definition) is 2. The molecule has 1 amide bonds. The maximum atomic E-state index is 13.1. The smallest absolute Gasteiger partial charge is 0.391 e. The summed E-state index contributed by atoms with van der Waals surface area (Å²) in [4.78, 5) is 12.9. The highest BCUT2D eigenvalue weighted by Crippen LogP contribution is 2.48. The molecular formula is C23H21ClF3NO2. The summed E-state index contributed by atoms with van der Waals surface area (Å²) in [5.41, 5.74) is 1.60. The van der Waals surface area contributed by atoms with Gasteiger partial charge in [0.15, 0.2) is 0 Å². The van der Waals surface area contributed by atoms with Crippen LogP contribution in [0.5, 0.6) is 0 Å². The number of hydrogen-bond donors (Lipinski definition) is 2. The molecule has 0 radical (unpaired) electrons. The minimum atomic E-state index is -4.27. The number of aryl methyl sites for hydroxylation is 1. The van der Waals surface area contributed by atoms with Gasteiger partial charge in [0, 0.05) is 11.1 Å². The predicted molar refractivity (Wildman–Crippen MR) is 110 cm³/mol. The largest absolute Gasteiger partial charge is 0.509 e. The number of amides is 1. The first-order valence-electron chi connectivity index (χ1n) is 9.82. The van der Waals surface area contributed by atoms with Gasteiger partial charge >= 0.3 is 6.18 Å². The highest BCUT2D eigenvalue weighted by Gasteiger charge is 2.52. The maximum absolute atomic E-state index is 13.1. The molecule has 1 aliphatic carbocycles. The summed E-state index contributed by atoms with van der Waals surface area (Å²) in [6.45, 7) is 1.79. The first-order chi connectivity index (χ1) is 14.1. The van der Waals surface area contributed by atoms with Gasteiger partial charge in [0.1, 0.15) is 5.76 Å². The van der Waals surface area contributed by atoms with Gasteiger partial charge in [-0.1, -0.05) is 54.1 Å². The number of halogens is 4. The second-order valence-corrected chi connectivity index (χ2v) is 8.44. The molecule has 1 fully saturated rings. The summed E-state index contributed by atoms with van der Waals surface area (Å²) in [6.07, 6.45) is -4.48. The number of alkyl halides is 3. The van der Waals surface area contributed by atoms with Crippen LogP contribution >= 0.6 is 11.6 Å². The van der Waals surface area contributed by atoms with Crippen molar-refractivity contribution in [2.24, 2.45) is 5.92 Å². The number of aliphatic hydroxyl groups is 1. The highest BCUT2D eigenvalue weighted by molar-refractivity contribution is 6.38. The van der Waals surface area contributed by atoms with E-state index in [9.17, 15) is 23.1 Å². The zero-order valence-electron chi connectivity index (χ0n) is 16.3. The average Bonchev–Trinajstić information content (AvgIpc) is 2.93. The fourth-order valence-electron chi connectivity index (χ4n) is 4.54. The molecule has 0 bridgehead atoms. The lowest BCUT2D eigenvalue weighted by atomic mass is 9.75. The number of benzene rings is 2. The van der Waals surface area contributed by atoms with Crippen LogP contribution < -0.4 is 5.32 Å². The Morgan fingerprint density at radius 2 is 1.73 bits per heavy atom. The third kappa shape index (κ3) is 3.37. The Hall–Kier alpha value is -2.47. The zero-order valence-corrected chi connectivity index (χ0v) is 17.1. The lowest BCUT2D eigenvalue weighted by Crippen LogP contribution is -2.48. The maximum Gasteiger partial charge on any atom is 0.391 e. The van der Waals surface area contributed by atoms with E-state index >= 15 is 0 Å². The van der Waals surface area contributed by atoms with Crippen molar-refractivity contribution in [1.82, 2.24) is 5.32 Å². The van der Waals surface area contributed by atoms with E-state index in [0.717, 1.165) is 5.56 Å². The van der Waals surface area contributed by atoms with E-state index in [1.54, 1.807) is 6.92 Å². The lowest BCUT2D eigenvalue weighted by Gasteiger charge is -2.37. The Bertz CT molecular complexity index is 1020. The number of nitrogens with one attached hydrogen (secondary N) is 1. The van der Waals surface area contributed by atoms with Crippen LogP contribution in [0.25, 0.3) is 16.7 Å². The van der Waals surface area contributed by atoms with Gasteiger partial charge in [0.25, 0.3) is 5.91 Å². The molecule has 7 heteroatoms. The lowest BCUT2D eigenvalue weighted by molar-refractivity contribution is -0.184. The van der Waals surface area contributed by atoms with Crippen LogP contribution in [-0.2, 0) is 4.79 Å². The van der Waals surface area contributed by atoms with E-state index in [1.165, 1.54) is 0 Å². The molecule has 2 aromatic rings. The van der Waals surface area contributed by atoms with E-state index in [2.05, 4.69) is 5.32 Å². The van der Waals surface area contributed by atoms with E-state index in [1.807, 2.05) is 42.5 Å². The van der Waals surface area contributed by atoms with E-state index in [0.29, 0.717) is 21.7 Å². The Labute approximate surface area is 177 Å². The highest BCUT2D eigenvalue weighted by atomic mass is 35.5. The quantitative estimate of drug-likeness (QED) is 0.589. The fraction of sp³-hybridized carbons (Fsp3) is 0.348. The molecule has 1 saturated carbocycles. The van der Waals surface area contributed by atoms with Gasteiger partial charge in [0.05, 0.1) is 22.1 Å². The molecule has 1 aliphatic heterocycles. The zero-order chi connectivity index (χ0) is 21.7. The van der Waals surface area contributed by atoms with Crippen molar-refractivity contribution >= 4 is 23.1 Å². The van der Waals surface area contributed by atoms with Crippen LogP contribution in [0.4, 0.5) is 13.2 Å². The van der Waals surface area contributed by atoms with Gasteiger partial charge < -0.3 is 10.4 Å². The van der Waals surface area contributed by atoms with Gasteiger partial charge in [-0.2, -0.15) is 13.2 Å². The van der Waals surface area contributed by atoms with Crippen molar-refractivity contribution in [2.45, 2.75) is 44.3 Å². The summed E-state index contributed by atoms with van der Waals surface area (Å²) in [5, 5.41) is 14.1. The molecule has 1 spiro atoms. The molecular weight excluding hydrogens is 415 g/mol. The second kappa shape index (κ2) is 7.34. The standard InChI is InChI=1S/C23H21ClF3NO2/c1-13-7-8-16(14-5-3-2-4-6-14)19(24)17(13)18-20(29)22(28-21(18)30)11-9-15(10-12-22)23(25,26)27/h2-8,15,29H,9-12H2,1H3,(H,28,30). The minimum Gasteiger partial charge on any atom is -0.509 e. The van der Waals surface area contributed by atoms with Crippen LogP contribution in [0.3, 0.4) is 0 Å². The number of rotatable bonds is 2. The number of carbonyl (C=O) groups excluding carboxylic acids is 1. The molecule has 3 nitrogen and oxygen atoms in total. The summed E-state index contributed by atoms with van der Waals surface area (Å²) < 4.78 is 39.2. The molecule has 2 aromatic carbocycles. The van der Waals surface area contributed by atoms with Gasteiger partial charge in [-0.3, -0.25) is 4.79 Å². The first-order valence-corrected chi connectivity index (χ1v) is 10.2.